The van der Waals surface area contributed by atoms with E-state index in [1.165, 1.54) is 7.05 Å². The minimum atomic E-state index is -4.69. The van der Waals surface area contributed by atoms with Crippen LogP contribution < -0.4 is 11.2 Å². The van der Waals surface area contributed by atoms with Crippen molar-refractivity contribution in [3.05, 3.63) is 74.1 Å². The Kier molecular flexibility index (Phi) is 4.12. The zero-order valence-electron chi connectivity index (χ0n) is 13.4. The van der Waals surface area contributed by atoms with Crippen LogP contribution >= 0.6 is 0 Å². The van der Waals surface area contributed by atoms with Crippen LogP contribution in [0.1, 0.15) is 16.8 Å². The first kappa shape index (κ1) is 17.4. The smallest absolute Gasteiger partial charge is 0.280 e. The van der Waals surface area contributed by atoms with Crippen molar-refractivity contribution < 1.29 is 13.2 Å². The summed E-state index contributed by atoms with van der Waals surface area (Å²) in [7, 11) is 1.24. The van der Waals surface area contributed by atoms with E-state index in [0.29, 0.717) is 17.2 Å². The number of fused-ring (bicyclic) bond motifs is 1. The maximum atomic E-state index is 12.8. The molecule has 0 aliphatic rings. The summed E-state index contributed by atoms with van der Waals surface area (Å²) in [5.74, 6) is 0. The lowest BCUT2D eigenvalue weighted by Crippen LogP contribution is -2.40. The fourth-order valence-corrected chi connectivity index (χ4v) is 2.61. The molecule has 0 atom stereocenters. The van der Waals surface area contributed by atoms with Gasteiger partial charge in [-0.1, -0.05) is 18.2 Å². The maximum Gasteiger partial charge on any atom is 0.433 e. The summed E-state index contributed by atoms with van der Waals surface area (Å²) in [6.45, 7) is -0.174. The van der Waals surface area contributed by atoms with Gasteiger partial charge in [0, 0.05) is 7.05 Å². The molecule has 2 aromatic heterocycles. The lowest BCUT2D eigenvalue weighted by molar-refractivity contribution is -0.141. The lowest BCUT2D eigenvalue weighted by atomic mass is 10.1. The summed E-state index contributed by atoms with van der Waals surface area (Å²) in [6.07, 6.45) is -4.69. The summed E-state index contributed by atoms with van der Waals surface area (Å²) < 4.78 is 40.3. The van der Waals surface area contributed by atoms with Crippen LogP contribution in [0.15, 0.2) is 46.0 Å². The Morgan fingerprint density at radius 2 is 1.85 bits per heavy atom. The number of nitriles is 1. The molecule has 0 N–H and O–H groups in total. The molecule has 0 aliphatic heterocycles. The van der Waals surface area contributed by atoms with Gasteiger partial charge in [-0.05, 0) is 23.8 Å². The van der Waals surface area contributed by atoms with Crippen LogP contribution in [0.25, 0.3) is 11.0 Å². The molecule has 0 saturated carbocycles. The van der Waals surface area contributed by atoms with Crippen molar-refractivity contribution in [3.8, 4) is 6.07 Å². The molecule has 0 amide bonds. The Morgan fingerprint density at radius 1 is 1.15 bits per heavy atom. The molecule has 132 valence electrons. The molecule has 3 aromatic rings. The van der Waals surface area contributed by atoms with Gasteiger partial charge in [0.2, 0.25) is 0 Å². The first-order chi connectivity index (χ1) is 12.2. The van der Waals surface area contributed by atoms with Crippen molar-refractivity contribution in [2.75, 3.05) is 0 Å². The van der Waals surface area contributed by atoms with Crippen LogP contribution in [-0.4, -0.2) is 14.1 Å². The summed E-state index contributed by atoms with van der Waals surface area (Å²) in [5.41, 5.74) is -2.37. The van der Waals surface area contributed by atoms with Crippen molar-refractivity contribution in [3.63, 3.8) is 0 Å². The van der Waals surface area contributed by atoms with Crippen LogP contribution in [0.3, 0.4) is 0 Å². The summed E-state index contributed by atoms with van der Waals surface area (Å²) >= 11 is 0. The van der Waals surface area contributed by atoms with Crippen LogP contribution in [0, 0.1) is 11.3 Å². The van der Waals surface area contributed by atoms with E-state index < -0.39 is 23.1 Å². The van der Waals surface area contributed by atoms with Gasteiger partial charge in [0.1, 0.15) is 11.3 Å². The average molecular weight is 360 g/mol. The molecule has 0 saturated heterocycles. The van der Waals surface area contributed by atoms with Crippen LogP contribution in [0.5, 0.6) is 0 Å². The first-order valence-corrected chi connectivity index (χ1v) is 7.40. The van der Waals surface area contributed by atoms with E-state index in [1.807, 2.05) is 6.07 Å². The molecule has 0 bridgehead atoms. The van der Waals surface area contributed by atoms with Gasteiger partial charge in [0.05, 0.1) is 23.6 Å². The van der Waals surface area contributed by atoms with Gasteiger partial charge in [-0.2, -0.15) is 18.4 Å². The molecular weight excluding hydrogens is 349 g/mol. The molecule has 6 nitrogen and oxygen atoms in total. The Balaban J connectivity index is 2.25. The molecule has 26 heavy (non-hydrogen) atoms. The normalized spacial score (nSPS) is 11.5. The van der Waals surface area contributed by atoms with Crippen molar-refractivity contribution in [2.24, 2.45) is 7.05 Å². The van der Waals surface area contributed by atoms with E-state index in [0.717, 1.165) is 15.2 Å². The minimum absolute atomic E-state index is 0.116. The van der Waals surface area contributed by atoms with E-state index in [4.69, 9.17) is 5.26 Å². The highest BCUT2D eigenvalue weighted by molar-refractivity contribution is 5.74. The van der Waals surface area contributed by atoms with Gasteiger partial charge >= 0.3 is 11.9 Å². The summed E-state index contributed by atoms with van der Waals surface area (Å²) in [6, 6.07) is 10.1. The number of pyridine rings is 1. The van der Waals surface area contributed by atoms with Gasteiger partial charge < -0.3 is 0 Å². The third-order valence-electron chi connectivity index (χ3n) is 3.94. The molecule has 0 aliphatic carbocycles. The van der Waals surface area contributed by atoms with Gasteiger partial charge in [0.25, 0.3) is 5.56 Å². The van der Waals surface area contributed by atoms with Gasteiger partial charge in [0.15, 0.2) is 0 Å². The van der Waals surface area contributed by atoms with E-state index in [9.17, 15) is 22.8 Å². The van der Waals surface area contributed by atoms with Crippen LogP contribution in [0.4, 0.5) is 13.2 Å². The van der Waals surface area contributed by atoms with E-state index >= 15 is 0 Å². The third kappa shape index (κ3) is 2.86. The number of alkyl halides is 3. The number of rotatable bonds is 2. The number of aryl methyl sites for hydroxylation is 1. The third-order valence-corrected chi connectivity index (χ3v) is 3.94. The number of hydrogen-bond donors (Lipinski definition) is 0. The standard InChI is InChI=1S/C17H11F3N4O2/c1-23-14-12(6-7-13(22-14)17(18,19)20)15(25)24(16(23)26)9-11-5-3-2-4-10(11)8-21/h2-7H,9H2,1H3. The van der Waals surface area contributed by atoms with Crippen molar-refractivity contribution in [1.29, 1.82) is 5.26 Å². The molecule has 1 aromatic carbocycles. The predicted octanol–water partition coefficient (Wildman–Crippen LogP) is 2.03. The topological polar surface area (TPSA) is 80.7 Å². The molecule has 0 spiro atoms. The van der Waals surface area contributed by atoms with Crippen molar-refractivity contribution in [2.45, 2.75) is 12.7 Å². The van der Waals surface area contributed by atoms with E-state index in [-0.39, 0.29) is 17.6 Å². The second-order valence-electron chi connectivity index (χ2n) is 5.57. The molecule has 0 unspecified atom stereocenters. The van der Waals surface area contributed by atoms with E-state index in [2.05, 4.69) is 4.98 Å². The van der Waals surface area contributed by atoms with Gasteiger partial charge in [-0.15, -0.1) is 0 Å². The van der Waals surface area contributed by atoms with Crippen molar-refractivity contribution >= 4 is 11.0 Å². The van der Waals surface area contributed by atoms with Crippen LogP contribution in [-0.2, 0) is 19.8 Å². The number of nitrogens with zero attached hydrogens (tertiary/aromatic N) is 4. The summed E-state index contributed by atoms with van der Waals surface area (Å²) in [5, 5.41) is 9.01. The van der Waals surface area contributed by atoms with Crippen LogP contribution in [0.2, 0.25) is 0 Å². The molecular formula is C17H11F3N4O2. The monoisotopic (exact) mass is 360 g/mol. The molecule has 3 rings (SSSR count). The Bertz CT molecular complexity index is 1170. The Morgan fingerprint density at radius 3 is 2.50 bits per heavy atom. The second-order valence-corrected chi connectivity index (χ2v) is 5.57. The number of halogens is 3. The number of hydrogen-bond acceptors (Lipinski definition) is 4. The maximum absolute atomic E-state index is 12.8. The van der Waals surface area contributed by atoms with Gasteiger partial charge in [-0.3, -0.25) is 13.9 Å². The van der Waals surface area contributed by atoms with Gasteiger partial charge in [-0.25, -0.2) is 9.78 Å². The largest absolute Gasteiger partial charge is 0.433 e. The highest BCUT2D eigenvalue weighted by atomic mass is 19.4. The highest BCUT2D eigenvalue weighted by Crippen LogP contribution is 2.28. The second kappa shape index (κ2) is 6.15. The molecule has 9 heteroatoms. The molecule has 0 radical (unpaired) electrons. The highest BCUT2D eigenvalue weighted by Gasteiger charge is 2.33. The fourth-order valence-electron chi connectivity index (χ4n) is 2.61. The number of benzene rings is 1. The summed E-state index contributed by atoms with van der Waals surface area (Å²) in [4.78, 5) is 28.5. The lowest BCUT2D eigenvalue weighted by Gasteiger charge is -2.12. The minimum Gasteiger partial charge on any atom is -0.280 e. The zero-order valence-corrected chi connectivity index (χ0v) is 13.4. The SMILES string of the molecule is Cn1c(=O)n(Cc2ccccc2C#N)c(=O)c2ccc(C(F)(F)F)nc21. The molecule has 0 fully saturated rings. The van der Waals surface area contributed by atoms with E-state index in [1.54, 1.807) is 24.3 Å². The average Bonchev–Trinajstić information content (AvgIpc) is 2.62. The first-order valence-electron chi connectivity index (χ1n) is 7.40. The quantitative estimate of drug-likeness (QED) is 0.700. The van der Waals surface area contributed by atoms with Crippen molar-refractivity contribution in [1.82, 2.24) is 14.1 Å². The zero-order chi connectivity index (χ0) is 19.1. The fraction of sp³-hybridized carbons (Fsp3) is 0.176. The number of aromatic nitrogens is 3. The molecule has 2 heterocycles. The Hall–Kier alpha value is -3.41. The predicted molar refractivity (Wildman–Crippen MR) is 86.5 cm³/mol. The Labute approximate surface area is 144 Å².